The Labute approximate surface area is 108 Å². The molecule has 0 aliphatic carbocycles. The van der Waals surface area contributed by atoms with Gasteiger partial charge in [0.25, 0.3) is 0 Å². The number of aromatic nitrogens is 2. The molecule has 0 aromatic carbocycles. The van der Waals surface area contributed by atoms with Gasteiger partial charge in [-0.3, -0.25) is 9.97 Å². The van der Waals surface area contributed by atoms with Crippen LogP contribution in [0.2, 0.25) is 0 Å². The first-order valence-electron chi connectivity index (χ1n) is 5.38. The normalized spacial score (nSPS) is 8.67. The summed E-state index contributed by atoms with van der Waals surface area (Å²) in [4.78, 5) is 8.90. The third kappa shape index (κ3) is 3.15. The van der Waals surface area contributed by atoms with E-state index in [9.17, 15) is 0 Å². The van der Waals surface area contributed by atoms with Gasteiger partial charge in [0, 0.05) is 0 Å². The van der Waals surface area contributed by atoms with Crippen LogP contribution in [0.1, 0.15) is 22.8 Å². The van der Waals surface area contributed by atoms with E-state index in [0.29, 0.717) is 48.5 Å². The predicted octanol–water partition coefficient (Wildman–Crippen LogP) is 1.18. The molecule has 1 heterocycles. The zero-order chi connectivity index (χ0) is 13.4. The first-order valence-corrected chi connectivity index (χ1v) is 5.38. The van der Waals surface area contributed by atoms with E-state index in [1.165, 1.54) is 0 Å². The summed E-state index contributed by atoms with van der Waals surface area (Å²) in [5.74, 6) is 10.2. The molecule has 0 amide bonds. The summed E-state index contributed by atoms with van der Waals surface area (Å²) in [6.07, 6.45) is 22.8. The highest BCUT2D eigenvalue weighted by Crippen LogP contribution is 2.12. The van der Waals surface area contributed by atoms with Gasteiger partial charge in [-0.15, -0.1) is 49.4 Å². The lowest BCUT2D eigenvalue weighted by Gasteiger charge is -2.09. The van der Waals surface area contributed by atoms with Crippen molar-refractivity contribution in [3.63, 3.8) is 0 Å². The predicted molar refractivity (Wildman–Crippen MR) is 72.2 cm³/mol. The van der Waals surface area contributed by atoms with E-state index in [1.54, 1.807) is 0 Å². The second-order valence-electron chi connectivity index (χ2n) is 3.53. The van der Waals surface area contributed by atoms with Crippen molar-refractivity contribution < 1.29 is 0 Å². The average molecular weight is 232 g/mol. The molecule has 0 fully saturated rings. The average Bonchev–Trinajstić information content (AvgIpc) is 2.35. The summed E-state index contributed by atoms with van der Waals surface area (Å²) < 4.78 is 0. The fourth-order valence-electron chi connectivity index (χ4n) is 1.54. The van der Waals surface area contributed by atoms with Crippen LogP contribution in [0, 0.1) is 49.4 Å². The first kappa shape index (κ1) is 13.4. The molecule has 18 heavy (non-hydrogen) atoms. The molecule has 1 aromatic heterocycles. The topological polar surface area (TPSA) is 25.8 Å². The van der Waals surface area contributed by atoms with Crippen LogP contribution >= 0.6 is 0 Å². The first-order chi connectivity index (χ1) is 8.76. The second kappa shape index (κ2) is 6.81. The molecule has 0 aliphatic rings. The van der Waals surface area contributed by atoms with Gasteiger partial charge in [0.15, 0.2) is 0 Å². The van der Waals surface area contributed by atoms with Crippen LogP contribution < -0.4 is 0 Å². The van der Waals surface area contributed by atoms with Gasteiger partial charge in [0.05, 0.1) is 48.5 Å². The minimum atomic E-state index is 0.387. The van der Waals surface area contributed by atoms with E-state index < -0.39 is 0 Å². The van der Waals surface area contributed by atoms with Gasteiger partial charge in [0.1, 0.15) is 0 Å². The molecule has 0 N–H and O–H groups in total. The zero-order valence-electron chi connectivity index (χ0n) is 10.0. The lowest BCUT2D eigenvalue weighted by molar-refractivity contribution is 0.886. The van der Waals surface area contributed by atoms with Crippen molar-refractivity contribution >= 4 is 0 Å². The van der Waals surface area contributed by atoms with Gasteiger partial charge in [-0.05, 0) is 0 Å². The fourth-order valence-corrected chi connectivity index (χ4v) is 1.54. The Hall–Kier alpha value is -2.68. The van der Waals surface area contributed by atoms with Crippen LogP contribution in [0.5, 0.6) is 0 Å². The Morgan fingerprint density at radius 3 is 0.944 bits per heavy atom. The Kier molecular flexibility index (Phi) is 5.06. The maximum absolute atomic E-state index is 5.30. The van der Waals surface area contributed by atoms with Crippen LogP contribution in [0.3, 0.4) is 0 Å². The number of terminal acetylenes is 4. The highest BCUT2D eigenvalue weighted by Gasteiger charge is 2.11. The van der Waals surface area contributed by atoms with Crippen LogP contribution in [0.25, 0.3) is 0 Å². The summed E-state index contributed by atoms with van der Waals surface area (Å²) in [5, 5.41) is 0. The lowest BCUT2D eigenvalue weighted by atomic mass is 10.1. The van der Waals surface area contributed by atoms with Gasteiger partial charge >= 0.3 is 0 Å². The van der Waals surface area contributed by atoms with E-state index in [4.69, 9.17) is 25.7 Å². The van der Waals surface area contributed by atoms with Gasteiger partial charge in [-0.2, -0.15) is 0 Å². The molecule has 0 radical (unpaired) electrons. The molecule has 0 saturated carbocycles. The summed E-state index contributed by atoms with van der Waals surface area (Å²) in [6, 6.07) is 0. The molecular formula is C16H12N2. The second-order valence-corrected chi connectivity index (χ2v) is 3.53. The minimum Gasteiger partial charge on any atom is -0.252 e. The summed E-state index contributed by atoms with van der Waals surface area (Å²) in [7, 11) is 0. The van der Waals surface area contributed by atoms with Crippen molar-refractivity contribution in [3.8, 4) is 49.4 Å². The van der Waals surface area contributed by atoms with Crippen LogP contribution in [0.4, 0.5) is 0 Å². The maximum Gasteiger partial charge on any atom is 0.0751 e. The third-order valence-electron chi connectivity index (χ3n) is 2.28. The van der Waals surface area contributed by atoms with E-state index in [1.807, 2.05) is 0 Å². The number of nitrogens with zero attached hydrogens (tertiary/aromatic N) is 2. The quantitative estimate of drug-likeness (QED) is 0.728. The maximum atomic E-state index is 5.30. The van der Waals surface area contributed by atoms with Crippen molar-refractivity contribution in [3.05, 3.63) is 22.8 Å². The van der Waals surface area contributed by atoms with Crippen molar-refractivity contribution in [2.24, 2.45) is 0 Å². The largest absolute Gasteiger partial charge is 0.252 e. The van der Waals surface area contributed by atoms with Gasteiger partial charge in [-0.1, -0.05) is 0 Å². The molecule has 0 atom stereocenters. The summed E-state index contributed by atoms with van der Waals surface area (Å²) in [6.45, 7) is 0. The molecular weight excluding hydrogens is 220 g/mol. The minimum absolute atomic E-state index is 0.387. The van der Waals surface area contributed by atoms with Crippen LogP contribution in [0.15, 0.2) is 0 Å². The molecule has 1 rings (SSSR count). The molecule has 0 aliphatic heterocycles. The van der Waals surface area contributed by atoms with E-state index in [2.05, 4.69) is 33.6 Å². The smallest absolute Gasteiger partial charge is 0.0751 e. The molecule has 1 aromatic rings. The number of hydrogen-bond donors (Lipinski definition) is 0. The van der Waals surface area contributed by atoms with Crippen molar-refractivity contribution in [1.82, 2.24) is 9.97 Å². The standard InChI is InChI=1S/C16H12N2/c1-5-9-13-14(10-6-2)18-16(12-8-4)15(17-13)11-7-3/h1-4H,9-12H2. The SMILES string of the molecule is C#CCc1nc(CC#C)c(CC#C)nc1CC#C. The van der Waals surface area contributed by atoms with Gasteiger partial charge in [0.2, 0.25) is 0 Å². The number of hydrogen-bond acceptors (Lipinski definition) is 2. The Bertz CT molecular complexity index is 492. The summed E-state index contributed by atoms with van der Waals surface area (Å²) in [5.41, 5.74) is 2.84. The fraction of sp³-hybridized carbons (Fsp3) is 0.250. The van der Waals surface area contributed by atoms with Crippen molar-refractivity contribution in [2.45, 2.75) is 25.7 Å². The van der Waals surface area contributed by atoms with E-state index in [-0.39, 0.29) is 0 Å². The monoisotopic (exact) mass is 232 g/mol. The molecule has 0 bridgehead atoms. The summed E-state index contributed by atoms with van der Waals surface area (Å²) >= 11 is 0. The third-order valence-corrected chi connectivity index (χ3v) is 2.28. The Morgan fingerprint density at radius 2 is 0.778 bits per heavy atom. The molecule has 2 nitrogen and oxygen atoms in total. The van der Waals surface area contributed by atoms with E-state index >= 15 is 0 Å². The van der Waals surface area contributed by atoms with E-state index in [0.717, 1.165) is 0 Å². The highest BCUT2D eigenvalue weighted by atomic mass is 14.8. The van der Waals surface area contributed by atoms with Crippen LogP contribution in [-0.4, -0.2) is 9.97 Å². The van der Waals surface area contributed by atoms with Gasteiger partial charge in [-0.25, -0.2) is 0 Å². The molecule has 0 unspecified atom stereocenters. The molecule has 2 heteroatoms. The van der Waals surface area contributed by atoms with Gasteiger partial charge < -0.3 is 0 Å². The van der Waals surface area contributed by atoms with Crippen LogP contribution in [-0.2, 0) is 25.7 Å². The molecule has 0 spiro atoms. The number of rotatable bonds is 4. The molecule has 86 valence electrons. The highest BCUT2D eigenvalue weighted by molar-refractivity contribution is 5.29. The van der Waals surface area contributed by atoms with Crippen molar-refractivity contribution in [2.75, 3.05) is 0 Å². The molecule has 0 saturated heterocycles. The van der Waals surface area contributed by atoms with Crippen molar-refractivity contribution in [1.29, 1.82) is 0 Å². The lowest BCUT2D eigenvalue weighted by Crippen LogP contribution is -2.09. The Morgan fingerprint density at radius 1 is 0.556 bits per heavy atom. The zero-order valence-corrected chi connectivity index (χ0v) is 10.0. The Balaban J connectivity index is 3.33.